The van der Waals surface area contributed by atoms with Gasteiger partial charge < -0.3 is 20.6 Å². The number of hydrogen-bond acceptors (Lipinski definition) is 4. The molecule has 0 amide bonds. The van der Waals surface area contributed by atoms with Gasteiger partial charge in [-0.25, -0.2) is 4.99 Å². The molecule has 0 unspecified atom stereocenters. The zero-order valence-electron chi connectivity index (χ0n) is 20.3. The van der Waals surface area contributed by atoms with Crippen LogP contribution in [0.25, 0.3) is 0 Å². The normalized spacial score (nSPS) is 21.6. The molecule has 1 aliphatic carbocycles. The van der Waals surface area contributed by atoms with Crippen LogP contribution in [0.4, 0.5) is 5.69 Å². The summed E-state index contributed by atoms with van der Waals surface area (Å²) in [6, 6.07) is 19.8. The number of halogens is 1. The summed E-state index contributed by atoms with van der Waals surface area (Å²) in [5.41, 5.74) is 3.98. The van der Waals surface area contributed by atoms with Gasteiger partial charge in [0.1, 0.15) is 0 Å². The zero-order chi connectivity index (χ0) is 22.9. The van der Waals surface area contributed by atoms with Gasteiger partial charge in [-0.1, -0.05) is 42.5 Å². The fraction of sp³-hybridized carbons (Fsp3) is 0.519. The summed E-state index contributed by atoms with van der Waals surface area (Å²) in [7, 11) is 0. The lowest BCUT2D eigenvalue weighted by Gasteiger charge is -2.36. The Kier molecular flexibility index (Phi) is 10.9. The lowest BCUT2D eigenvalue weighted by atomic mass is 9.93. The number of nitrogens with one attached hydrogen (secondary N) is 2. The largest absolute Gasteiger partial charge is 0.393 e. The van der Waals surface area contributed by atoms with Gasteiger partial charge >= 0.3 is 0 Å². The number of aliphatic hydroxyl groups excluding tert-OH is 1. The Morgan fingerprint density at radius 3 is 2.24 bits per heavy atom. The standard InChI is InChI=1S/C27H39N5O.HI/c1-2-28-27(30-24-12-14-26(33)15-13-24)29-20-22-8-6-7-9-23(22)21-31-16-18-32(19-17-31)25-10-4-3-5-11-25;/h3-11,24,26,33H,2,12-21H2,1H3,(H2,28,29,30);1H. The van der Waals surface area contributed by atoms with Gasteiger partial charge in [0.15, 0.2) is 5.96 Å². The predicted octanol–water partition coefficient (Wildman–Crippen LogP) is 3.99. The maximum Gasteiger partial charge on any atom is 0.191 e. The summed E-state index contributed by atoms with van der Waals surface area (Å²) in [5.74, 6) is 0.880. The van der Waals surface area contributed by atoms with Crippen molar-refractivity contribution < 1.29 is 5.11 Å². The number of guanidine groups is 1. The molecular formula is C27H40IN5O. The van der Waals surface area contributed by atoms with E-state index in [0.29, 0.717) is 12.6 Å². The van der Waals surface area contributed by atoms with E-state index in [2.05, 4.69) is 82.0 Å². The molecule has 2 aromatic rings. The number of aliphatic imine (C=N–C) groups is 1. The fourth-order valence-corrected chi connectivity index (χ4v) is 4.81. The highest BCUT2D eigenvalue weighted by Gasteiger charge is 2.20. The van der Waals surface area contributed by atoms with Crippen LogP contribution in [0, 0.1) is 0 Å². The van der Waals surface area contributed by atoms with Crippen molar-refractivity contribution in [3.63, 3.8) is 0 Å². The van der Waals surface area contributed by atoms with E-state index >= 15 is 0 Å². The highest BCUT2D eigenvalue weighted by molar-refractivity contribution is 14.0. The fourth-order valence-electron chi connectivity index (χ4n) is 4.81. The van der Waals surface area contributed by atoms with Crippen molar-refractivity contribution in [2.24, 2.45) is 4.99 Å². The van der Waals surface area contributed by atoms with Gasteiger partial charge in [0.05, 0.1) is 12.6 Å². The number of rotatable bonds is 7. The van der Waals surface area contributed by atoms with Gasteiger partial charge in [-0.3, -0.25) is 4.90 Å². The Morgan fingerprint density at radius 1 is 0.912 bits per heavy atom. The van der Waals surface area contributed by atoms with Crippen LogP contribution in [0.2, 0.25) is 0 Å². The zero-order valence-corrected chi connectivity index (χ0v) is 22.7. The predicted molar refractivity (Wildman–Crippen MR) is 152 cm³/mol. The Hall–Kier alpha value is -1.84. The molecule has 4 rings (SSSR count). The molecule has 6 nitrogen and oxygen atoms in total. The second-order valence-electron chi connectivity index (χ2n) is 9.21. The summed E-state index contributed by atoms with van der Waals surface area (Å²) in [6.45, 7) is 8.86. The highest BCUT2D eigenvalue weighted by atomic mass is 127. The first-order chi connectivity index (χ1) is 16.2. The first kappa shape index (κ1) is 26.8. The van der Waals surface area contributed by atoms with Crippen LogP contribution in [0.3, 0.4) is 0 Å². The van der Waals surface area contributed by atoms with Crippen molar-refractivity contribution in [3.8, 4) is 0 Å². The van der Waals surface area contributed by atoms with Crippen molar-refractivity contribution in [2.75, 3.05) is 37.6 Å². The second-order valence-corrected chi connectivity index (χ2v) is 9.21. The molecule has 0 aromatic heterocycles. The van der Waals surface area contributed by atoms with Gasteiger partial charge in [0, 0.05) is 51.0 Å². The number of anilines is 1. The van der Waals surface area contributed by atoms with Gasteiger partial charge in [-0.05, 0) is 55.9 Å². The molecule has 1 aliphatic heterocycles. The average Bonchev–Trinajstić information content (AvgIpc) is 2.86. The third-order valence-corrected chi connectivity index (χ3v) is 6.80. The van der Waals surface area contributed by atoms with Crippen molar-refractivity contribution in [1.82, 2.24) is 15.5 Å². The Bertz CT molecular complexity index is 878. The molecule has 2 aliphatic rings. The maximum absolute atomic E-state index is 9.77. The Labute approximate surface area is 221 Å². The van der Waals surface area contributed by atoms with Crippen LogP contribution < -0.4 is 15.5 Å². The number of para-hydroxylation sites is 1. The topological polar surface area (TPSA) is 63.1 Å². The lowest BCUT2D eigenvalue weighted by molar-refractivity contribution is 0.120. The second kappa shape index (κ2) is 13.9. The molecule has 2 aromatic carbocycles. The molecule has 2 fully saturated rings. The van der Waals surface area contributed by atoms with E-state index < -0.39 is 0 Å². The monoisotopic (exact) mass is 577 g/mol. The van der Waals surface area contributed by atoms with Crippen molar-refractivity contribution in [2.45, 2.75) is 57.8 Å². The molecule has 0 atom stereocenters. The quantitative estimate of drug-likeness (QED) is 0.264. The SMILES string of the molecule is CCNC(=NCc1ccccc1CN1CCN(c2ccccc2)CC1)NC1CCC(O)CC1.I. The summed E-state index contributed by atoms with van der Waals surface area (Å²) < 4.78 is 0. The molecule has 1 saturated heterocycles. The molecule has 0 bridgehead atoms. The van der Waals surface area contributed by atoms with E-state index in [1.807, 2.05) is 0 Å². The minimum Gasteiger partial charge on any atom is -0.393 e. The molecule has 1 heterocycles. The molecule has 7 heteroatoms. The third kappa shape index (κ3) is 7.85. The smallest absolute Gasteiger partial charge is 0.191 e. The van der Waals surface area contributed by atoms with Crippen LogP contribution >= 0.6 is 24.0 Å². The minimum atomic E-state index is -0.135. The molecule has 0 radical (unpaired) electrons. The van der Waals surface area contributed by atoms with E-state index in [4.69, 9.17) is 4.99 Å². The molecular weight excluding hydrogens is 537 g/mol. The molecule has 186 valence electrons. The summed E-state index contributed by atoms with van der Waals surface area (Å²) in [6.07, 6.45) is 3.60. The average molecular weight is 578 g/mol. The van der Waals surface area contributed by atoms with Crippen LogP contribution in [0.1, 0.15) is 43.7 Å². The van der Waals surface area contributed by atoms with Crippen LogP contribution in [0.5, 0.6) is 0 Å². The van der Waals surface area contributed by atoms with Gasteiger partial charge in [-0.15, -0.1) is 24.0 Å². The van der Waals surface area contributed by atoms with Crippen LogP contribution in [-0.4, -0.2) is 60.8 Å². The van der Waals surface area contributed by atoms with Crippen LogP contribution in [0.15, 0.2) is 59.6 Å². The van der Waals surface area contributed by atoms with Crippen molar-refractivity contribution in [3.05, 3.63) is 65.7 Å². The first-order valence-electron chi connectivity index (χ1n) is 12.5. The summed E-state index contributed by atoms with van der Waals surface area (Å²) >= 11 is 0. The number of benzene rings is 2. The molecule has 34 heavy (non-hydrogen) atoms. The van der Waals surface area contributed by atoms with E-state index in [-0.39, 0.29) is 30.1 Å². The number of piperazine rings is 1. The highest BCUT2D eigenvalue weighted by Crippen LogP contribution is 2.20. The molecule has 0 spiro atoms. The first-order valence-corrected chi connectivity index (χ1v) is 12.5. The number of hydrogen-bond donors (Lipinski definition) is 3. The minimum absolute atomic E-state index is 0. The molecule has 3 N–H and O–H groups in total. The molecule has 1 saturated carbocycles. The number of nitrogens with zero attached hydrogens (tertiary/aromatic N) is 3. The lowest BCUT2D eigenvalue weighted by Crippen LogP contribution is -2.46. The van der Waals surface area contributed by atoms with Gasteiger partial charge in [-0.2, -0.15) is 0 Å². The van der Waals surface area contributed by atoms with Crippen molar-refractivity contribution >= 4 is 35.6 Å². The summed E-state index contributed by atoms with van der Waals surface area (Å²) in [4.78, 5) is 9.94. The Balaban J connectivity index is 0.00000324. The number of aliphatic hydroxyl groups is 1. The van der Waals surface area contributed by atoms with Crippen LogP contribution in [-0.2, 0) is 13.1 Å². The summed E-state index contributed by atoms with van der Waals surface area (Å²) in [5, 5.41) is 16.7. The van der Waals surface area contributed by atoms with Gasteiger partial charge in [0.2, 0.25) is 0 Å². The van der Waals surface area contributed by atoms with E-state index in [1.54, 1.807) is 0 Å². The third-order valence-electron chi connectivity index (χ3n) is 6.80. The van der Waals surface area contributed by atoms with Gasteiger partial charge in [0.25, 0.3) is 0 Å². The van der Waals surface area contributed by atoms with Crippen molar-refractivity contribution in [1.29, 1.82) is 0 Å². The van der Waals surface area contributed by atoms with E-state index in [9.17, 15) is 5.11 Å². The van der Waals surface area contributed by atoms with E-state index in [0.717, 1.165) is 70.9 Å². The Morgan fingerprint density at radius 2 is 1.56 bits per heavy atom. The van der Waals surface area contributed by atoms with E-state index in [1.165, 1.54) is 16.8 Å². The maximum atomic E-state index is 9.77.